The summed E-state index contributed by atoms with van der Waals surface area (Å²) in [5.41, 5.74) is 0. The van der Waals surface area contributed by atoms with E-state index in [1.54, 1.807) is 0 Å². The van der Waals surface area contributed by atoms with Crippen LogP contribution in [-0.2, 0) is 26.6 Å². The van der Waals surface area contributed by atoms with Crippen LogP contribution in [0, 0.1) is 0 Å². The minimum Gasteiger partial charge on any atom is -1.00 e. The molecular formula is C6H14F2O2Ti. The molecule has 0 fully saturated rings. The zero-order valence-corrected chi connectivity index (χ0v) is 8.46. The minimum absolute atomic E-state index is 0. The Morgan fingerprint density at radius 1 is 0.909 bits per heavy atom. The molecule has 0 radical (unpaired) electrons. The van der Waals surface area contributed by atoms with Crippen LogP contribution < -0.4 is 9.41 Å². The van der Waals surface area contributed by atoms with E-state index in [0.29, 0.717) is 0 Å². The first-order chi connectivity index (χ1) is 4.41. The van der Waals surface area contributed by atoms with Crippen LogP contribution >= 0.6 is 0 Å². The molecule has 0 atom stereocenters. The van der Waals surface area contributed by atoms with Crippen LogP contribution in [0.2, 0.25) is 0 Å². The van der Waals surface area contributed by atoms with Crippen LogP contribution in [0.5, 0.6) is 0 Å². The third-order valence-electron chi connectivity index (χ3n) is 0.730. The Bertz CT molecular complexity index is 51.8. The molecule has 68 valence electrons. The van der Waals surface area contributed by atoms with Crippen molar-refractivity contribution in [2.24, 2.45) is 0 Å². The molecule has 0 rings (SSSR count). The topological polar surface area (TPSA) is 18.5 Å². The predicted molar refractivity (Wildman–Crippen MR) is 32.5 cm³/mol. The molecule has 0 aromatic rings. The van der Waals surface area contributed by atoms with Crippen LogP contribution in [0.3, 0.4) is 0 Å². The van der Waals surface area contributed by atoms with Crippen LogP contribution in [0.1, 0.15) is 26.7 Å². The summed E-state index contributed by atoms with van der Waals surface area (Å²) in [5.74, 6) is 0. The summed E-state index contributed by atoms with van der Waals surface area (Å²) in [6.07, 6.45) is 2.19. The van der Waals surface area contributed by atoms with Crippen molar-refractivity contribution >= 4 is 0 Å². The molecule has 0 aliphatic carbocycles. The Kier molecular flexibility index (Phi) is 26.9. The van der Waals surface area contributed by atoms with Gasteiger partial charge in [-0.15, -0.1) is 0 Å². The van der Waals surface area contributed by atoms with Gasteiger partial charge in [-0.25, -0.2) is 0 Å². The van der Waals surface area contributed by atoms with Gasteiger partial charge in [-0.05, 0) is 0 Å². The van der Waals surface area contributed by atoms with E-state index >= 15 is 0 Å². The van der Waals surface area contributed by atoms with Crippen molar-refractivity contribution in [2.45, 2.75) is 26.7 Å². The second kappa shape index (κ2) is 16.8. The Morgan fingerprint density at radius 2 is 1.27 bits per heavy atom. The Balaban J connectivity index is -0.000000320. The zero-order chi connectivity index (χ0) is 6.95. The van der Waals surface area contributed by atoms with Gasteiger partial charge in [-0.1, -0.05) is 0 Å². The normalized spacial score (nSPS) is 7.45. The summed E-state index contributed by atoms with van der Waals surface area (Å²) in [6, 6.07) is 0. The fraction of sp³-hybridized carbons (Fsp3) is 1.00. The summed E-state index contributed by atoms with van der Waals surface area (Å²) in [5, 5.41) is 0. The van der Waals surface area contributed by atoms with E-state index in [9.17, 15) is 0 Å². The van der Waals surface area contributed by atoms with E-state index in [1.807, 2.05) is 0 Å². The van der Waals surface area contributed by atoms with Crippen LogP contribution in [-0.4, -0.2) is 13.2 Å². The average molecular weight is 204 g/mol. The SMILES string of the molecule is CCC[O][Ti+2][O]CCC.[F-].[F-]. The third-order valence-corrected chi connectivity index (χ3v) is 1.74. The van der Waals surface area contributed by atoms with Gasteiger partial charge >= 0.3 is 66.5 Å². The molecule has 2 nitrogen and oxygen atoms in total. The number of hydrogen-bond acceptors (Lipinski definition) is 2. The smallest absolute Gasteiger partial charge is 1.00 e. The molecule has 0 amide bonds. The molecule has 0 unspecified atom stereocenters. The molecule has 11 heavy (non-hydrogen) atoms. The summed E-state index contributed by atoms with van der Waals surface area (Å²) in [4.78, 5) is 0. The summed E-state index contributed by atoms with van der Waals surface area (Å²) < 4.78 is 10.4. The number of halogens is 2. The molecule has 0 aliphatic rings. The fourth-order valence-corrected chi connectivity index (χ4v) is 1.36. The van der Waals surface area contributed by atoms with E-state index in [4.69, 9.17) is 6.64 Å². The molecule has 0 aromatic carbocycles. The predicted octanol–water partition coefficient (Wildman–Crippen LogP) is -4.24. The zero-order valence-electron chi connectivity index (χ0n) is 6.90. The summed E-state index contributed by atoms with van der Waals surface area (Å²) >= 11 is -0.504. The van der Waals surface area contributed by atoms with Gasteiger partial charge in [-0.2, -0.15) is 0 Å². The van der Waals surface area contributed by atoms with Crippen molar-refractivity contribution in [3.05, 3.63) is 0 Å². The second-order valence-corrected chi connectivity index (χ2v) is 2.94. The minimum atomic E-state index is -0.504. The van der Waals surface area contributed by atoms with Gasteiger partial charge in [0.2, 0.25) is 0 Å². The van der Waals surface area contributed by atoms with E-state index in [-0.39, 0.29) is 9.41 Å². The largest absolute Gasteiger partial charge is 1.00 e. The van der Waals surface area contributed by atoms with Gasteiger partial charge in [0.05, 0.1) is 0 Å². The van der Waals surface area contributed by atoms with Crippen molar-refractivity contribution < 1.29 is 36.0 Å². The summed E-state index contributed by atoms with van der Waals surface area (Å²) in [7, 11) is 0. The van der Waals surface area contributed by atoms with Crippen LogP contribution in [0.4, 0.5) is 0 Å². The molecule has 0 aromatic heterocycles. The number of rotatable bonds is 6. The quantitative estimate of drug-likeness (QED) is 0.322. The first kappa shape index (κ1) is 17.5. The van der Waals surface area contributed by atoms with Crippen LogP contribution in [0.15, 0.2) is 0 Å². The molecule has 0 N–H and O–H groups in total. The van der Waals surface area contributed by atoms with Gasteiger partial charge in [0.1, 0.15) is 0 Å². The van der Waals surface area contributed by atoms with Gasteiger partial charge in [-0.3, -0.25) is 0 Å². The molecular weight excluding hydrogens is 190 g/mol. The van der Waals surface area contributed by atoms with Gasteiger partial charge in [0, 0.05) is 0 Å². The van der Waals surface area contributed by atoms with E-state index in [2.05, 4.69) is 13.8 Å². The first-order valence-electron chi connectivity index (χ1n) is 3.40. The first-order valence-corrected chi connectivity index (χ1v) is 4.67. The van der Waals surface area contributed by atoms with Gasteiger partial charge in [0.25, 0.3) is 0 Å². The van der Waals surface area contributed by atoms with E-state index in [0.717, 1.165) is 26.1 Å². The van der Waals surface area contributed by atoms with Crippen LogP contribution in [0.25, 0.3) is 0 Å². The van der Waals surface area contributed by atoms with Gasteiger partial charge in [0.15, 0.2) is 0 Å². The molecule has 0 bridgehead atoms. The fourth-order valence-electron chi connectivity index (χ4n) is 0.329. The monoisotopic (exact) mass is 204 g/mol. The average Bonchev–Trinajstić information content (AvgIpc) is 1.89. The van der Waals surface area contributed by atoms with Crippen molar-refractivity contribution in [1.82, 2.24) is 0 Å². The molecule has 0 aliphatic heterocycles. The maximum atomic E-state index is 5.19. The maximum Gasteiger partial charge on any atom is -1.00 e. The molecule has 0 saturated carbocycles. The van der Waals surface area contributed by atoms with E-state index < -0.39 is 19.9 Å². The molecule has 0 heterocycles. The Morgan fingerprint density at radius 3 is 1.55 bits per heavy atom. The standard InChI is InChI=1S/2C3H7O.2FH.Ti/c2*1-2-3-4;;;/h2*2-3H2,1H3;2*1H;/q2*-1;;;+4/p-2. The molecule has 0 saturated heterocycles. The van der Waals surface area contributed by atoms with Crippen molar-refractivity contribution in [1.29, 1.82) is 0 Å². The maximum absolute atomic E-state index is 5.19. The third kappa shape index (κ3) is 18.0. The number of hydrogen-bond donors (Lipinski definition) is 0. The van der Waals surface area contributed by atoms with Crippen molar-refractivity contribution in [3.8, 4) is 0 Å². The van der Waals surface area contributed by atoms with Crippen molar-refractivity contribution in [3.63, 3.8) is 0 Å². The Hall–Kier alpha value is 0.494. The summed E-state index contributed by atoms with van der Waals surface area (Å²) in [6.45, 7) is 5.94. The molecule has 5 heteroatoms. The van der Waals surface area contributed by atoms with Crippen molar-refractivity contribution in [2.75, 3.05) is 13.2 Å². The second-order valence-electron chi connectivity index (χ2n) is 1.78. The van der Waals surface area contributed by atoms with E-state index in [1.165, 1.54) is 0 Å². The molecule has 0 spiro atoms. The Labute approximate surface area is 76.3 Å². The van der Waals surface area contributed by atoms with Gasteiger partial charge < -0.3 is 9.41 Å².